The molecule has 102 valence electrons. The molecule has 6 heteroatoms. The maximum Gasteiger partial charge on any atom is 0.323 e. The van der Waals surface area contributed by atoms with Crippen molar-refractivity contribution < 1.29 is 5.11 Å². The molecular weight excluding hydrogens is 435 g/mol. The van der Waals surface area contributed by atoms with Gasteiger partial charge in [-0.3, -0.25) is 0 Å². The lowest BCUT2D eigenvalue weighted by atomic mass is 10.0. The number of imidazole rings is 1. The number of benzene rings is 2. The Balaban J connectivity index is 2.09. The Hall–Kier alpha value is -1.12. The second-order valence-corrected chi connectivity index (χ2v) is 6.55. The van der Waals surface area contributed by atoms with Crippen molar-refractivity contribution >= 4 is 49.6 Å². The molecule has 0 saturated heterocycles. The van der Waals surface area contributed by atoms with Crippen molar-refractivity contribution in [2.24, 2.45) is 0 Å². The van der Waals surface area contributed by atoms with E-state index in [4.69, 9.17) is 0 Å². The van der Waals surface area contributed by atoms with Gasteiger partial charge in [-0.1, -0.05) is 22.0 Å². The molecule has 1 aromatic heterocycles. The fraction of sp³-hybridized carbons (Fsp3) is 0.0714. The average molecular weight is 445 g/mol. The van der Waals surface area contributed by atoms with E-state index >= 15 is 0 Å². The van der Waals surface area contributed by atoms with Gasteiger partial charge in [0.25, 0.3) is 0 Å². The minimum Gasteiger partial charge on any atom is -0.384 e. The van der Waals surface area contributed by atoms with Gasteiger partial charge in [0.15, 0.2) is 0 Å². The summed E-state index contributed by atoms with van der Waals surface area (Å²) in [4.78, 5) is 16.6. The minimum atomic E-state index is -0.748. The Labute approximate surface area is 136 Å². The number of fused-ring (bicyclic) bond motifs is 1. The fourth-order valence-corrected chi connectivity index (χ4v) is 3.10. The van der Waals surface area contributed by atoms with Gasteiger partial charge >= 0.3 is 5.69 Å². The average Bonchev–Trinajstić information content (AvgIpc) is 2.79. The highest BCUT2D eigenvalue weighted by atomic mass is 127. The molecule has 3 aromatic rings. The monoisotopic (exact) mass is 444 g/mol. The van der Waals surface area contributed by atoms with Gasteiger partial charge in [0, 0.05) is 13.6 Å². The third-order valence-electron chi connectivity index (χ3n) is 3.11. The van der Waals surface area contributed by atoms with Crippen LogP contribution in [0.3, 0.4) is 0 Å². The zero-order valence-corrected chi connectivity index (χ0v) is 13.9. The van der Waals surface area contributed by atoms with Crippen molar-refractivity contribution in [2.75, 3.05) is 0 Å². The molecule has 0 aliphatic carbocycles. The molecule has 0 radical (unpaired) electrons. The Morgan fingerprint density at radius 1 is 1.10 bits per heavy atom. The predicted octanol–water partition coefficient (Wildman–Crippen LogP) is 3.31. The predicted molar refractivity (Wildman–Crippen MR) is 89.8 cm³/mol. The number of aliphatic hydroxyl groups is 1. The summed E-state index contributed by atoms with van der Waals surface area (Å²) >= 11 is 5.66. The first-order chi connectivity index (χ1) is 9.54. The van der Waals surface area contributed by atoms with Crippen molar-refractivity contribution in [2.45, 2.75) is 6.10 Å². The van der Waals surface area contributed by atoms with E-state index in [2.05, 4.69) is 48.5 Å². The minimum absolute atomic E-state index is 0.248. The molecule has 0 spiro atoms. The molecule has 1 heterocycles. The summed E-state index contributed by atoms with van der Waals surface area (Å²) in [5.74, 6) is 0. The second-order valence-electron chi connectivity index (χ2n) is 4.45. The Kier molecular flexibility index (Phi) is 3.70. The van der Waals surface area contributed by atoms with Crippen LogP contribution in [0.25, 0.3) is 11.0 Å². The van der Waals surface area contributed by atoms with Gasteiger partial charge in [-0.15, -0.1) is 0 Å². The summed E-state index contributed by atoms with van der Waals surface area (Å²) in [6.45, 7) is 0. The van der Waals surface area contributed by atoms with Gasteiger partial charge < -0.3 is 15.1 Å². The number of aliphatic hydroxyl groups excluding tert-OH is 1. The van der Waals surface area contributed by atoms with Crippen molar-refractivity contribution in [1.82, 2.24) is 9.97 Å². The molecular formula is C14H10BrIN2O2. The van der Waals surface area contributed by atoms with Gasteiger partial charge in [-0.25, -0.2) is 4.79 Å². The third-order valence-corrected chi connectivity index (χ3v) is 4.50. The second kappa shape index (κ2) is 5.34. The summed E-state index contributed by atoms with van der Waals surface area (Å²) < 4.78 is 1.91. The van der Waals surface area contributed by atoms with E-state index in [9.17, 15) is 9.90 Å². The molecule has 3 N–H and O–H groups in total. The summed E-state index contributed by atoms with van der Waals surface area (Å²) in [5, 5.41) is 10.5. The molecule has 3 rings (SSSR count). The number of aromatic amines is 2. The summed E-state index contributed by atoms with van der Waals surface area (Å²) in [6, 6.07) is 11.2. The number of hydrogen-bond donors (Lipinski definition) is 3. The highest BCUT2D eigenvalue weighted by Gasteiger charge is 2.15. The smallest absolute Gasteiger partial charge is 0.323 e. The van der Waals surface area contributed by atoms with Gasteiger partial charge in [0.1, 0.15) is 6.10 Å². The molecule has 0 aliphatic heterocycles. The zero-order valence-electron chi connectivity index (χ0n) is 10.2. The van der Waals surface area contributed by atoms with Gasteiger partial charge in [0.2, 0.25) is 0 Å². The molecule has 0 bridgehead atoms. The molecule has 1 unspecified atom stereocenters. The topological polar surface area (TPSA) is 68.9 Å². The van der Waals surface area contributed by atoms with Crippen LogP contribution in [0, 0.1) is 3.57 Å². The van der Waals surface area contributed by atoms with E-state index in [-0.39, 0.29) is 5.69 Å². The number of hydrogen-bond acceptors (Lipinski definition) is 2. The zero-order chi connectivity index (χ0) is 14.3. The molecule has 4 nitrogen and oxygen atoms in total. The van der Waals surface area contributed by atoms with Crippen molar-refractivity contribution in [1.29, 1.82) is 0 Å². The number of aromatic nitrogens is 2. The van der Waals surface area contributed by atoms with Crippen LogP contribution in [-0.2, 0) is 0 Å². The van der Waals surface area contributed by atoms with Crippen molar-refractivity contribution in [3.05, 3.63) is 66.1 Å². The van der Waals surface area contributed by atoms with E-state index in [1.165, 1.54) is 0 Å². The Morgan fingerprint density at radius 2 is 1.85 bits per heavy atom. The number of halogens is 2. The van der Waals surface area contributed by atoms with E-state index < -0.39 is 6.10 Å². The molecule has 0 fully saturated rings. The van der Waals surface area contributed by atoms with Crippen LogP contribution in [0.2, 0.25) is 0 Å². The van der Waals surface area contributed by atoms with E-state index in [0.29, 0.717) is 5.52 Å². The summed E-state index contributed by atoms with van der Waals surface area (Å²) in [5.41, 5.74) is 2.70. The van der Waals surface area contributed by atoms with E-state index in [0.717, 1.165) is 24.7 Å². The van der Waals surface area contributed by atoms with E-state index in [1.807, 2.05) is 24.3 Å². The highest BCUT2D eigenvalue weighted by molar-refractivity contribution is 14.1. The van der Waals surface area contributed by atoms with Crippen LogP contribution in [0.15, 0.2) is 45.7 Å². The van der Waals surface area contributed by atoms with Crippen LogP contribution < -0.4 is 5.69 Å². The van der Waals surface area contributed by atoms with Gasteiger partial charge in [0.05, 0.1) is 11.0 Å². The highest BCUT2D eigenvalue weighted by Crippen LogP contribution is 2.30. The lowest BCUT2D eigenvalue weighted by Crippen LogP contribution is -2.01. The fourth-order valence-electron chi connectivity index (χ4n) is 2.12. The van der Waals surface area contributed by atoms with Crippen LogP contribution in [0.4, 0.5) is 0 Å². The number of H-pyrrole nitrogens is 2. The quantitative estimate of drug-likeness (QED) is 0.531. The molecule has 1 atom stereocenters. The maximum atomic E-state index is 11.3. The normalized spacial score (nSPS) is 12.8. The van der Waals surface area contributed by atoms with Crippen LogP contribution in [0.1, 0.15) is 17.2 Å². The van der Waals surface area contributed by atoms with E-state index in [1.54, 1.807) is 12.1 Å². The molecule has 0 aliphatic rings. The van der Waals surface area contributed by atoms with Crippen LogP contribution >= 0.6 is 38.5 Å². The van der Waals surface area contributed by atoms with Crippen molar-refractivity contribution in [3.63, 3.8) is 0 Å². The van der Waals surface area contributed by atoms with Crippen LogP contribution in [-0.4, -0.2) is 15.1 Å². The lowest BCUT2D eigenvalue weighted by Gasteiger charge is -2.14. The third kappa shape index (κ3) is 2.55. The Morgan fingerprint density at radius 3 is 2.65 bits per heavy atom. The maximum absolute atomic E-state index is 11.3. The standard InChI is InChI=1S/C14H10BrIN2O2/c15-10-3-2-8(16)6-9(10)13(19)7-1-4-11-12(5-7)18-14(20)17-11/h1-6,13,19H,(H2,17,18,20). The SMILES string of the molecule is O=c1[nH]c2ccc(C(O)c3cc(I)ccc3Br)cc2[nH]1. The first-order valence-electron chi connectivity index (χ1n) is 5.89. The summed E-state index contributed by atoms with van der Waals surface area (Å²) in [7, 11) is 0. The number of rotatable bonds is 2. The first-order valence-corrected chi connectivity index (χ1v) is 7.77. The van der Waals surface area contributed by atoms with Crippen LogP contribution in [0.5, 0.6) is 0 Å². The molecule has 0 amide bonds. The largest absolute Gasteiger partial charge is 0.384 e. The Bertz CT molecular complexity index is 841. The molecule has 20 heavy (non-hydrogen) atoms. The van der Waals surface area contributed by atoms with Crippen molar-refractivity contribution in [3.8, 4) is 0 Å². The number of nitrogens with one attached hydrogen (secondary N) is 2. The summed E-state index contributed by atoms with van der Waals surface area (Å²) in [6.07, 6.45) is -0.748. The molecule has 2 aromatic carbocycles. The first kappa shape index (κ1) is 13.8. The van der Waals surface area contributed by atoms with Gasteiger partial charge in [-0.05, 0) is 58.5 Å². The molecule has 0 saturated carbocycles. The van der Waals surface area contributed by atoms with Gasteiger partial charge in [-0.2, -0.15) is 0 Å². The lowest BCUT2D eigenvalue weighted by molar-refractivity contribution is 0.219.